The first kappa shape index (κ1) is 39.4. The molecule has 0 bridgehead atoms. The molecule has 0 unspecified atom stereocenters. The van der Waals surface area contributed by atoms with E-state index < -0.39 is 0 Å². The van der Waals surface area contributed by atoms with E-state index in [1.165, 1.54) is 189 Å². The Morgan fingerprint density at radius 1 is 0.333 bits per heavy atom. The first-order chi connectivity index (χ1) is 22.2. The summed E-state index contributed by atoms with van der Waals surface area (Å²) >= 11 is 0. The molecule has 0 N–H and O–H groups in total. The molecule has 0 atom stereocenters. The van der Waals surface area contributed by atoms with Crippen LogP contribution >= 0.6 is 0 Å². The highest BCUT2D eigenvalue weighted by molar-refractivity contribution is 5.47. The van der Waals surface area contributed by atoms with Gasteiger partial charge in [0.25, 0.3) is 0 Å². The van der Waals surface area contributed by atoms with Crippen molar-refractivity contribution in [2.75, 3.05) is 0 Å². The molecule has 256 valence electrons. The third-order valence-corrected chi connectivity index (χ3v) is 9.84. The third-order valence-electron chi connectivity index (χ3n) is 9.84. The smallest absolute Gasteiger partial charge is 0.130 e. The Kier molecular flexibility index (Phi) is 24.0. The highest BCUT2D eigenvalue weighted by Gasteiger charge is 2.15. The summed E-state index contributed by atoms with van der Waals surface area (Å²) in [5.74, 6) is 2.26. The zero-order valence-corrected chi connectivity index (χ0v) is 30.7. The molecule has 2 rings (SSSR count). The summed E-state index contributed by atoms with van der Waals surface area (Å²) in [7, 11) is 0. The SMILES string of the molecule is CCCCCCCCc1cccc(Oc2cccc(CCCCCCCC)c2CCCCCCCC)c1CCCCCCCC. The van der Waals surface area contributed by atoms with Crippen LogP contribution in [0.3, 0.4) is 0 Å². The lowest BCUT2D eigenvalue weighted by Gasteiger charge is -2.20. The monoisotopic (exact) mass is 619 g/mol. The summed E-state index contributed by atoms with van der Waals surface area (Å²) in [4.78, 5) is 0. The molecule has 0 spiro atoms. The molecule has 2 aromatic carbocycles. The van der Waals surface area contributed by atoms with Gasteiger partial charge >= 0.3 is 0 Å². The van der Waals surface area contributed by atoms with Gasteiger partial charge in [-0.05, 0) is 85.8 Å². The molecule has 0 aliphatic carbocycles. The molecule has 0 heterocycles. The predicted molar refractivity (Wildman–Crippen MR) is 201 cm³/mol. The topological polar surface area (TPSA) is 9.23 Å². The summed E-state index contributed by atoms with van der Waals surface area (Å²) in [6.45, 7) is 9.24. The van der Waals surface area contributed by atoms with Crippen molar-refractivity contribution in [1.82, 2.24) is 0 Å². The average Bonchev–Trinajstić information content (AvgIpc) is 3.05. The van der Waals surface area contributed by atoms with Crippen molar-refractivity contribution in [3.05, 3.63) is 58.7 Å². The van der Waals surface area contributed by atoms with Crippen molar-refractivity contribution in [3.63, 3.8) is 0 Å². The molecule has 0 aromatic heterocycles. The Bertz CT molecular complexity index is 882. The van der Waals surface area contributed by atoms with Gasteiger partial charge in [0.1, 0.15) is 11.5 Å². The van der Waals surface area contributed by atoms with Gasteiger partial charge in [-0.3, -0.25) is 0 Å². The summed E-state index contributed by atoms with van der Waals surface area (Å²) in [6, 6.07) is 13.9. The van der Waals surface area contributed by atoms with E-state index >= 15 is 0 Å². The van der Waals surface area contributed by atoms with E-state index in [9.17, 15) is 0 Å². The molecule has 0 saturated heterocycles. The van der Waals surface area contributed by atoms with E-state index in [0.717, 1.165) is 24.3 Å². The molecule has 0 aliphatic rings. The van der Waals surface area contributed by atoms with Crippen LogP contribution in [0.2, 0.25) is 0 Å². The van der Waals surface area contributed by atoms with Crippen LogP contribution in [0.25, 0.3) is 0 Å². The first-order valence-corrected chi connectivity index (χ1v) is 20.1. The Morgan fingerprint density at radius 3 is 0.956 bits per heavy atom. The number of benzene rings is 2. The highest BCUT2D eigenvalue weighted by atomic mass is 16.5. The quantitative estimate of drug-likeness (QED) is 0.0791. The molecule has 1 nitrogen and oxygen atoms in total. The Hall–Kier alpha value is -1.76. The van der Waals surface area contributed by atoms with Crippen molar-refractivity contribution >= 4 is 0 Å². The van der Waals surface area contributed by atoms with E-state index in [-0.39, 0.29) is 0 Å². The number of hydrogen-bond acceptors (Lipinski definition) is 1. The minimum absolute atomic E-state index is 1.13. The summed E-state index contributed by atoms with van der Waals surface area (Å²) in [6.07, 6.45) is 37.0. The van der Waals surface area contributed by atoms with Gasteiger partial charge in [-0.15, -0.1) is 0 Å². The van der Waals surface area contributed by atoms with Crippen LogP contribution in [-0.2, 0) is 25.7 Å². The molecule has 0 aliphatic heterocycles. The predicted octanol–water partition coefficient (Wildman–Crippen LogP) is 15.1. The Morgan fingerprint density at radius 2 is 0.622 bits per heavy atom. The lowest BCUT2D eigenvalue weighted by molar-refractivity contribution is 0.463. The standard InChI is InChI=1S/C44H74O/c1-5-9-13-17-21-25-31-39-33-29-37-43(41(39)35-27-23-19-15-11-7-3)45-44-38-30-34-40(32-26-22-18-14-10-6-2)42(44)36-28-24-20-16-12-8-4/h29-30,33-34,37-38H,5-28,31-32,35-36H2,1-4H3. The van der Waals surface area contributed by atoms with Gasteiger partial charge in [0.15, 0.2) is 0 Å². The van der Waals surface area contributed by atoms with E-state index in [1.807, 2.05) is 0 Å². The maximum atomic E-state index is 7.03. The van der Waals surface area contributed by atoms with Gasteiger partial charge in [0.2, 0.25) is 0 Å². The number of rotatable bonds is 30. The van der Waals surface area contributed by atoms with Crippen molar-refractivity contribution in [3.8, 4) is 11.5 Å². The van der Waals surface area contributed by atoms with Crippen molar-refractivity contribution in [2.24, 2.45) is 0 Å². The molecule has 45 heavy (non-hydrogen) atoms. The molecule has 0 radical (unpaired) electrons. The van der Waals surface area contributed by atoms with Crippen LogP contribution in [0.4, 0.5) is 0 Å². The second kappa shape index (κ2) is 27.4. The third kappa shape index (κ3) is 17.7. The molecule has 0 fully saturated rings. The Labute approximate surface area is 281 Å². The number of hydrogen-bond donors (Lipinski definition) is 0. The molecular formula is C44H74O. The van der Waals surface area contributed by atoms with Crippen molar-refractivity contribution < 1.29 is 4.74 Å². The van der Waals surface area contributed by atoms with Crippen LogP contribution in [0.15, 0.2) is 36.4 Å². The number of unbranched alkanes of at least 4 members (excludes halogenated alkanes) is 20. The number of aryl methyl sites for hydroxylation is 2. The zero-order valence-electron chi connectivity index (χ0n) is 30.7. The second-order valence-corrected chi connectivity index (χ2v) is 14.0. The maximum absolute atomic E-state index is 7.03. The average molecular weight is 619 g/mol. The maximum Gasteiger partial charge on any atom is 0.130 e. The van der Waals surface area contributed by atoms with Crippen LogP contribution < -0.4 is 4.74 Å². The fraction of sp³-hybridized carbons (Fsp3) is 0.727. The largest absolute Gasteiger partial charge is 0.457 e. The molecule has 2 aromatic rings. The van der Waals surface area contributed by atoms with Gasteiger partial charge in [-0.2, -0.15) is 0 Å². The fourth-order valence-corrected chi connectivity index (χ4v) is 6.92. The lowest BCUT2D eigenvalue weighted by Crippen LogP contribution is -2.03. The molecule has 0 amide bonds. The normalized spacial score (nSPS) is 11.4. The van der Waals surface area contributed by atoms with E-state index in [0.29, 0.717) is 0 Å². The minimum Gasteiger partial charge on any atom is -0.457 e. The summed E-state index contributed by atoms with van der Waals surface area (Å²) in [5, 5.41) is 0. The van der Waals surface area contributed by atoms with E-state index in [4.69, 9.17) is 4.74 Å². The summed E-state index contributed by atoms with van der Waals surface area (Å²) < 4.78 is 7.03. The molecule has 0 saturated carbocycles. The highest BCUT2D eigenvalue weighted by Crippen LogP contribution is 2.35. The number of ether oxygens (including phenoxy) is 1. The Balaban J connectivity index is 2.22. The van der Waals surface area contributed by atoms with Gasteiger partial charge < -0.3 is 4.74 Å². The van der Waals surface area contributed by atoms with Crippen LogP contribution in [0, 0.1) is 0 Å². The van der Waals surface area contributed by atoms with Crippen molar-refractivity contribution in [1.29, 1.82) is 0 Å². The molecule has 1 heteroatoms. The molecular weight excluding hydrogens is 544 g/mol. The lowest BCUT2D eigenvalue weighted by atomic mass is 9.94. The van der Waals surface area contributed by atoms with Crippen molar-refractivity contribution in [2.45, 2.75) is 207 Å². The van der Waals surface area contributed by atoms with Gasteiger partial charge in [0.05, 0.1) is 0 Å². The first-order valence-electron chi connectivity index (χ1n) is 20.1. The zero-order chi connectivity index (χ0) is 32.2. The van der Waals surface area contributed by atoms with E-state index in [1.54, 1.807) is 0 Å². The van der Waals surface area contributed by atoms with Gasteiger partial charge in [-0.1, -0.05) is 180 Å². The van der Waals surface area contributed by atoms with Crippen LogP contribution in [0.5, 0.6) is 11.5 Å². The van der Waals surface area contributed by atoms with Crippen LogP contribution in [-0.4, -0.2) is 0 Å². The van der Waals surface area contributed by atoms with E-state index in [2.05, 4.69) is 64.1 Å². The van der Waals surface area contributed by atoms with Crippen LogP contribution in [0.1, 0.15) is 204 Å². The van der Waals surface area contributed by atoms with Gasteiger partial charge in [-0.25, -0.2) is 0 Å². The fourth-order valence-electron chi connectivity index (χ4n) is 6.92. The van der Waals surface area contributed by atoms with Gasteiger partial charge in [0, 0.05) is 0 Å². The second-order valence-electron chi connectivity index (χ2n) is 14.0. The minimum atomic E-state index is 1.13. The summed E-state index contributed by atoms with van der Waals surface area (Å²) in [5.41, 5.74) is 6.07.